The molecule has 3 rings (SSSR count). The minimum absolute atomic E-state index is 0.198. The van der Waals surface area contributed by atoms with Gasteiger partial charge in [-0.2, -0.15) is 4.98 Å². The highest BCUT2D eigenvalue weighted by atomic mass is 35.5. The number of nitrogens with zero attached hydrogens (tertiary/aromatic N) is 3. The standard InChI is InChI=1S/C16H16ClN3O4S2/c1-3-25(21,22)15-13-9-10-20(12-7-5-11(17)6-8-12)14(13)18-16(19-15)26(23,24)4-2/h5-10H,3-4H2,1-2H3. The first-order chi connectivity index (χ1) is 12.2. The maximum Gasteiger partial charge on any atom is 0.250 e. The number of rotatable bonds is 5. The lowest BCUT2D eigenvalue weighted by molar-refractivity contribution is 0.582. The quantitative estimate of drug-likeness (QED) is 0.471. The third-order valence-electron chi connectivity index (χ3n) is 3.93. The van der Waals surface area contributed by atoms with Gasteiger partial charge in [0, 0.05) is 16.9 Å². The Kier molecular flexibility index (Phi) is 4.80. The van der Waals surface area contributed by atoms with Crippen molar-refractivity contribution in [1.82, 2.24) is 14.5 Å². The molecule has 1 aromatic carbocycles. The van der Waals surface area contributed by atoms with Crippen LogP contribution < -0.4 is 0 Å². The van der Waals surface area contributed by atoms with E-state index in [-0.39, 0.29) is 27.6 Å². The zero-order valence-electron chi connectivity index (χ0n) is 14.0. The summed E-state index contributed by atoms with van der Waals surface area (Å²) in [5.41, 5.74) is 0.879. The van der Waals surface area contributed by atoms with Crippen molar-refractivity contribution in [2.75, 3.05) is 11.5 Å². The van der Waals surface area contributed by atoms with Crippen LogP contribution in [0.15, 0.2) is 46.7 Å². The molecule has 0 bridgehead atoms. The van der Waals surface area contributed by atoms with E-state index in [0.29, 0.717) is 10.7 Å². The van der Waals surface area contributed by atoms with Crippen molar-refractivity contribution in [2.45, 2.75) is 24.0 Å². The van der Waals surface area contributed by atoms with Crippen LogP contribution in [0.25, 0.3) is 16.7 Å². The smallest absolute Gasteiger partial charge is 0.250 e. The van der Waals surface area contributed by atoms with Crippen LogP contribution in [0.2, 0.25) is 5.02 Å². The molecule has 2 aromatic heterocycles. The van der Waals surface area contributed by atoms with Crippen molar-refractivity contribution < 1.29 is 16.8 Å². The first-order valence-electron chi connectivity index (χ1n) is 7.80. The van der Waals surface area contributed by atoms with E-state index in [1.807, 2.05) is 0 Å². The van der Waals surface area contributed by atoms with Crippen LogP contribution in [0, 0.1) is 0 Å². The van der Waals surface area contributed by atoms with Gasteiger partial charge in [-0.15, -0.1) is 0 Å². The Balaban J connectivity index is 2.40. The van der Waals surface area contributed by atoms with Gasteiger partial charge in [-0.3, -0.25) is 0 Å². The van der Waals surface area contributed by atoms with Crippen LogP contribution in [0.5, 0.6) is 0 Å². The summed E-state index contributed by atoms with van der Waals surface area (Å²) in [6.07, 6.45) is 1.62. The average Bonchev–Trinajstić information content (AvgIpc) is 3.05. The third kappa shape index (κ3) is 3.22. The van der Waals surface area contributed by atoms with E-state index in [1.165, 1.54) is 13.8 Å². The molecule has 0 saturated carbocycles. The summed E-state index contributed by atoms with van der Waals surface area (Å²) in [5.74, 6) is -0.428. The van der Waals surface area contributed by atoms with Gasteiger partial charge >= 0.3 is 0 Å². The topological polar surface area (TPSA) is 99.0 Å². The monoisotopic (exact) mass is 413 g/mol. The summed E-state index contributed by atoms with van der Waals surface area (Å²) in [5, 5.41) is 0.0540. The van der Waals surface area contributed by atoms with Crippen LogP contribution in [0.4, 0.5) is 0 Å². The van der Waals surface area contributed by atoms with Crippen LogP contribution in [-0.2, 0) is 19.7 Å². The average molecular weight is 414 g/mol. The van der Waals surface area contributed by atoms with Gasteiger partial charge in [0.15, 0.2) is 20.5 Å². The minimum atomic E-state index is -3.79. The van der Waals surface area contributed by atoms with Crippen LogP contribution >= 0.6 is 11.6 Å². The molecule has 0 amide bonds. The summed E-state index contributed by atoms with van der Waals surface area (Å²) in [6, 6.07) is 8.38. The fourth-order valence-corrected chi connectivity index (χ4v) is 4.31. The molecule has 0 aliphatic heterocycles. The number of hydrogen-bond acceptors (Lipinski definition) is 6. The molecular weight excluding hydrogens is 398 g/mol. The number of benzene rings is 1. The van der Waals surface area contributed by atoms with Crippen LogP contribution in [-0.4, -0.2) is 42.9 Å². The number of aromatic nitrogens is 3. The molecule has 0 saturated heterocycles. The summed E-state index contributed by atoms with van der Waals surface area (Å²) >= 11 is 5.91. The second kappa shape index (κ2) is 6.64. The molecule has 0 aliphatic rings. The van der Waals surface area contributed by atoms with Crippen LogP contribution in [0.1, 0.15) is 13.8 Å². The third-order valence-corrected chi connectivity index (χ3v) is 7.34. The van der Waals surface area contributed by atoms with E-state index in [0.717, 1.165) is 0 Å². The minimum Gasteiger partial charge on any atom is -0.301 e. The molecule has 0 N–H and O–H groups in total. The molecular formula is C16H16ClN3O4S2. The zero-order valence-corrected chi connectivity index (χ0v) is 16.4. The molecule has 0 unspecified atom stereocenters. The Labute approximate surface area is 156 Å². The molecule has 7 nitrogen and oxygen atoms in total. The number of hydrogen-bond donors (Lipinski definition) is 0. The summed E-state index contributed by atoms with van der Waals surface area (Å²) in [4.78, 5) is 8.04. The van der Waals surface area contributed by atoms with Gasteiger partial charge in [0.25, 0.3) is 0 Å². The molecule has 0 aliphatic carbocycles. The van der Waals surface area contributed by atoms with Gasteiger partial charge in [0.2, 0.25) is 15.0 Å². The summed E-state index contributed by atoms with van der Waals surface area (Å²) < 4.78 is 51.1. The second-order valence-corrected chi connectivity index (χ2v) is 10.3. The molecule has 0 atom stereocenters. The Bertz CT molecular complexity index is 1180. The number of halogens is 1. The number of sulfone groups is 2. The highest BCUT2D eigenvalue weighted by Crippen LogP contribution is 2.27. The van der Waals surface area contributed by atoms with E-state index in [9.17, 15) is 16.8 Å². The fourth-order valence-electron chi connectivity index (χ4n) is 2.42. The van der Waals surface area contributed by atoms with E-state index >= 15 is 0 Å². The fraction of sp³-hybridized carbons (Fsp3) is 0.250. The van der Waals surface area contributed by atoms with Gasteiger partial charge in [0.05, 0.1) is 16.9 Å². The van der Waals surface area contributed by atoms with Gasteiger partial charge in [-0.05, 0) is 30.3 Å². The van der Waals surface area contributed by atoms with Gasteiger partial charge in [-0.1, -0.05) is 25.4 Å². The van der Waals surface area contributed by atoms with Crippen molar-refractivity contribution in [3.05, 3.63) is 41.6 Å². The molecule has 2 heterocycles. The zero-order chi connectivity index (χ0) is 19.1. The van der Waals surface area contributed by atoms with E-state index in [4.69, 9.17) is 11.6 Å². The maximum absolute atomic E-state index is 12.5. The van der Waals surface area contributed by atoms with Crippen molar-refractivity contribution in [3.8, 4) is 5.69 Å². The van der Waals surface area contributed by atoms with Crippen molar-refractivity contribution >= 4 is 42.3 Å². The van der Waals surface area contributed by atoms with Crippen molar-refractivity contribution in [2.24, 2.45) is 0 Å². The SMILES string of the molecule is CCS(=O)(=O)c1nc(S(=O)(=O)CC)c2ccn(-c3ccc(Cl)cc3)c2n1. The molecule has 0 fully saturated rings. The van der Waals surface area contributed by atoms with Crippen molar-refractivity contribution in [3.63, 3.8) is 0 Å². The van der Waals surface area contributed by atoms with Gasteiger partial charge in [-0.25, -0.2) is 21.8 Å². The lowest BCUT2D eigenvalue weighted by Crippen LogP contribution is -2.15. The predicted molar refractivity (Wildman–Crippen MR) is 99.3 cm³/mol. The summed E-state index contributed by atoms with van der Waals surface area (Å²) in [7, 11) is -7.53. The highest BCUT2D eigenvalue weighted by molar-refractivity contribution is 7.92. The Morgan fingerprint density at radius 1 is 0.923 bits per heavy atom. The first kappa shape index (κ1) is 18.8. The Morgan fingerprint density at radius 2 is 1.54 bits per heavy atom. The van der Waals surface area contributed by atoms with E-state index in [1.54, 1.807) is 41.1 Å². The molecule has 3 aromatic rings. The molecule has 0 radical (unpaired) electrons. The normalized spacial score (nSPS) is 12.6. The largest absolute Gasteiger partial charge is 0.301 e. The highest BCUT2D eigenvalue weighted by Gasteiger charge is 2.26. The molecule has 10 heteroatoms. The number of fused-ring (bicyclic) bond motifs is 1. The lowest BCUT2D eigenvalue weighted by atomic mass is 10.3. The predicted octanol–water partition coefficient (Wildman–Crippen LogP) is 2.66. The van der Waals surface area contributed by atoms with E-state index in [2.05, 4.69) is 9.97 Å². The molecule has 138 valence electrons. The Morgan fingerprint density at radius 3 is 2.12 bits per heavy atom. The maximum atomic E-state index is 12.5. The van der Waals surface area contributed by atoms with Gasteiger partial charge < -0.3 is 4.57 Å². The first-order valence-corrected chi connectivity index (χ1v) is 11.5. The summed E-state index contributed by atoms with van der Waals surface area (Å²) in [6.45, 7) is 2.93. The lowest BCUT2D eigenvalue weighted by Gasteiger charge is -2.09. The van der Waals surface area contributed by atoms with Gasteiger partial charge in [0.1, 0.15) is 0 Å². The molecule has 26 heavy (non-hydrogen) atoms. The second-order valence-electron chi connectivity index (χ2n) is 5.52. The van der Waals surface area contributed by atoms with Crippen LogP contribution in [0.3, 0.4) is 0 Å². The Hall–Kier alpha value is -1.97. The molecule has 0 spiro atoms. The van der Waals surface area contributed by atoms with Crippen molar-refractivity contribution in [1.29, 1.82) is 0 Å². The van der Waals surface area contributed by atoms with E-state index < -0.39 is 24.8 Å².